The molecule has 0 saturated heterocycles. The fourth-order valence-electron chi connectivity index (χ4n) is 2.89. The van der Waals surface area contributed by atoms with Crippen molar-refractivity contribution in [1.29, 1.82) is 0 Å². The van der Waals surface area contributed by atoms with Gasteiger partial charge in [0.05, 0.1) is 39.5 Å². The lowest BCUT2D eigenvalue weighted by Crippen LogP contribution is -2.29. The van der Waals surface area contributed by atoms with E-state index in [2.05, 4.69) is 43.1 Å². The Morgan fingerprint density at radius 1 is 0.914 bits per heavy atom. The maximum absolute atomic E-state index is 12.2. The highest BCUT2D eigenvalue weighted by Crippen LogP contribution is 2.17. The molecule has 7 N–H and O–H groups in total. The van der Waals surface area contributed by atoms with Gasteiger partial charge in [0, 0.05) is 31.9 Å². The molecule has 12 nitrogen and oxygen atoms in total. The molecule has 0 aliphatic heterocycles. The lowest BCUT2D eigenvalue weighted by Gasteiger charge is -2.11. The summed E-state index contributed by atoms with van der Waals surface area (Å²) in [4.78, 5) is 25.2. The van der Waals surface area contributed by atoms with Crippen LogP contribution in [0.4, 0.5) is 23.5 Å². The molecule has 1 aromatic heterocycles. The maximum Gasteiger partial charge on any atom is 0.233 e. The summed E-state index contributed by atoms with van der Waals surface area (Å²) in [5.74, 6) is 1.12. The quantitative estimate of drug-likeness (QED) is 0.155. The van der Waals surface area contributed by atoms with E-state index in [4.69, 9.17) is 20.3 Å². The van der Waals surface area contributed by atoms with E-state index < -0.39 is 0 Å². The van der Waals surface area contributed by atoms with E-state index in [0.29, 0.717) is 63.9 Å². The molecule has 0 radical (unpaired) electrons. The largest absolute Gasteiger partial charge is 0.395 e. The number of nitrogens with zero attached hydrogens (tertiary/aromatic N) is 3. The Hall–Kier alpha value is -3.06. The highest BCUT2D eigenvalue weighted by Gasteiger charge is 2.08. The number of hydrogen-bond donors (Lipinski definition) is 6. The molecule has 0 saturated carbocycles. The van der Waals surface area contributed by atoms with Crippen LogP contribution in [0.15, 0.2) is 24.3 Å². The Morgan fingerprint density at radius 3 is 2.23 bits per heavy atom. The third kappa shape index (κ3) is 12.3. The van der Waals surface area contributed by atoms with Gasteiger partial charge >= 0.3 is 0 Å². The number of nitrogens with two attached hydrogens (primary N) is 1. The van der Waals surface area contributed by atoms with Gasteiger partial charge in [-0.25, -0.2) is 0 Å². The second-order valence-corrected chi connectivity index (χ2v) is 7.60. The van der Waals surface area contributed by atoms with Crippen molar-refractivity contribution >= 4 is 29.4 Å². The first-order chi connectivity index (χ1) is 17.1. The highest BCUT2D eigenvalue weighted by molar-refractivity contribution is 5.78. The zero-order valence-corrected chi connectivity index (χ0v) is 20.4. The predicted molar refractivity (Wildman–Crippen MR) is 136 cm³/mol. The molecule has 2 aromatic rings. The lowest BCUT2D eigenvalue weighted by atomic mass is 10.1. The van der Waals surface area contributed by atoms with E-state index in [1.54, 1.807) is 0 Å². The molecule has 0 aliphatic carbocycles. The number of carbonyl (C=O) groups is 1. The standard InChI is InChI=1S/C23H38N8O4/c1-2-3-9-26-21-29-22(27-10-12-32)31-23(30-21)28-19-6-4-18(5-7-19)17-20(33)25-11-14-35-16-15-34-13-8-24/h4-7,32H,2-3,8-17,24H2,1H3,(H,25,33)(H3,26,27,28,29,30,31). The van der Waals surface area contributed by atoms with Gasteiger partial charge in [-0.1, -0.05) is 25.5 Å². The number of ether oxygens (including phenoxy) is 2. The van der Waals surface area contributed by atoms with Crippen LogP contribution in [0, 0.1) is 0 Å². The van der Waals surface area contributed by atoms with Crippen LogP contribution in [0.2, 0.25) is 0 Å². The number of anilines is 4. The minimum atomic E-state index is -0.0754. The highest BCUT2D eigenvalue weighted by atomic mass is 16.5. The van der Waals surface area contributed by atoms with Crippen LogP contribution < -0.4 is 27.0 Å². The predicted octanol–water partition coefficient (Wildman–Crippen LogP) is 0.882. The number of rotatable bonds is 19. The van der Waals surface area contributed by atoms with Crippen molar-refractivity contribution in [2.45, 2.75) is 26.2 Å². The molecular weight excluding hydrogens is 452 g/mol. The van der Waals surface area contributed by atoms with Crippen molar-refractivity contribution in [1.82, 2.24) is 20.3 Å². The van der Waals surface area contributed by atoms with Gasteiger partial charge in [-0.3, -0.25) is 4.79 Å². The summed E-state index contributed by atoms with van der Waals surface area (Å²) in [7, 11) is 0. The third-order valence-electron chi connectivity index (χ3n) is 4.62. The summed E-state index contributed by atoms with van der Waals surface area (Å²) in [6.07, 6.45) is 2.33. The van der Waals surface area contributed by atoms with E-state index in [-0.39, 0.29) is 18.9 Å². The van der Waals surface area contributed by atoms with Gasteiger partial charge in [0.15, 0.2) is 0 Å². The molecule has 1 amide bonds. The Balaban J connectivity index is 1.81. The fourth-order valence-corrected chi connectivity index (χ4v) is 2.89. The van der Waals surface area contributed by atoms with Gasteiger partial charge < -0.3 is 41.6 Å². The number of unbranched alkanes of at least 4 members (excludes halogenated alkanes) is 1. The minimum Gasteiger partial charge on any atom is -0.395 e. The molecule has 0 atom stereocenters. The zero-order valence-electron chi connectivity index (χ0n) is 20.4. The molecule has 0 unspecified atom stereocenters. The molecule has 35 heavy (non-hydrogen) atoms. The van der Waals surface area contributed by atoms with Crippen molar-refractivity contribution in [2.24, 2.45) is 5.73 Å². The Morgan fingerprint density at radius 2 is 1.57 bits per heavy atom. The summed E-state index contributed by atoms with van der Waals surface area (Å²) in [6.45, 7) is 6.02. The van der Waals surface area contributed by atoms with Crippen molar-refractivity contribution in [3.63, 3.8) is 0 Å². The first kappa shape index (κ1) is 28.2. The van der Waals surface area contributed by atoms with E-state index in [9.17, 15) is 4.79 Å². The average molecular weight is 491 g/mol. The van der Waals surface area contributed by atoms with Gasteiger partial charge in [0.2, 0.25) is 23.8 Å². The number of benzene rings is 1. The SMILES string of the molecule is CCCCNc1nc(NCCO)nc(Nc2ccc(CC(=O)NCCOCCOCCN)cc2)n1. The van der Waals surface area contributed by atoms with E-state index in [1.807, 2.05) is 24.3 Å². The Kier molecular flexibility index (Phi) is 14.0. The van der Waals surface area contributed by atoms with Gasteiger partial charge in [0.1, 0.15) is 0 Å². The summed E-state index contributed by atoms with van der Waals surface area (Å²) < 4.78 is 10.6. The number of aromatic nitrogens is 3. The topological polar surface area (TPSA) is 169 Å². The number of nitrogens with one attached hydrogen (secondary N) is 4. The number of hydrogen-bond acceptors (Lipinski definition) is 11. The van der Waals surface area contributed by atoms with E-state index >= 15 is 0 Å². The smallest absolute Gasteiger partial charge is 0.233 e. The summed E-state index contributed by atoms with van der Waals surface area (Å²) in [5, 5.41) is 21.2. The van der Waals surface area contributed by atoms with Gasteiger partial charge in [-0.2, -0.15) is 15.0 Å². The van der Waals surface area contributed by atoms with Crippen LogP contribution in [0.1, 0.15) is 25.3 Å². The lowest BCUT2D eigenvalue weighted by molar-refractivity contribution is -0.120. The minimum absolute atomic E-state index is 0.0285. The van der Waals surface area contributed by atoms with Crippen molar-refractivity contribution in [3.05, 3.63) is 29.8 Å². The first-order valence-corrected chi connectivity index (χ1v) is 12.0. The Labute approximate surface area is 206 Å². The molecule has 0 fully saturated rings. The maximum atomic E-state index is 12.2. The normalized spacial score (nSPS) is 10.7. The number of carbonyl (C=O) groups excluding carboxylic acids is 1. The van der Waals surface area contributed by atoms with Gasteiger partial charge in [0.25, 0.3) is 0 Å². The van der Waals surface area contributed by atoms with Gasteiger partial charge in [-0.15, -0.1) is 0 Å². The molecular formula is C23H38N8O4. The van der Waals surface area contributed by atoms with E-state index in [1.165, 1.54) is 0 Å². The third-order valence-corrected chi connectivity index (χ3v) is 4.62. The monoisotopic (exact) mass is 490 g/mol. The fraction of sp³-hybridized carbons (Fsp3) is 0.565. The molecule has 0 spiro atoms. The zero-order chi connectivity index (χ0) is 25.1. The molecule has 2 rings (SSSR count). The molecule has 12 heteroatoms. The molecule has 0 bridgehead atoms. The van der Waals surface area contributed by atoms with Gasteiger partial charge in [-0.05, 0) is 24.1 Å². The van der Waals surface area contributed by atoms with E-state index in [0.717, 1.165) is 30.6 Å². The van der Waals surface area contributed by atoms with Crippen molar-refractivity contribution < 1.29 is 19.4 Å². The summed E-state index contributed by atoms with van der Waals surface area (Å²) >= 11 is 0. The van der Waals surface area contributed by atoms with Crippen molar-refractivity contribution in [3.8, 4) is 0 Å². The van der Waals surface area contributed by atoms with Crippen LogP contribution in [0.3, 0.4) is 0 Å². The number of amides is 1. The number of aliphatic hydroxyl groups excluding tert-OH is 1. The van der Waals surface area contributed by atoms with Crippen LogP contribution in [0.5, 0.6) is 0 Å². The molecule has 0 aliphatic rings. The van der Waals surface area contributed by atoms with Crippen LogP contribution in [0.25, 0.3) is 0 Å². The van der Waals surface area contributed by atoms with Crippen LogP contribution >= 0.6 is 0 Å². The first-order valence-electron chi connectivity index (χ1n) is 12.0. The van der Waals surface area contributed by atoms with Crippen molar-refractivity contribution in [2.75, 3.05) is 75.2 Å². The average Bonchev–Trinajstić information content (AvgIpc) is 2.86. The molecule has 1 heterocycles. The second-order valence-electron chi connectivity index (χ2n) is 7.60. The Bertz CT molecular complexity index is 854. The number of aliphatic hydroxyl groups is 1. The molecule has 194 valence electrons. The summed E-state index contributed by atoms with van der Waals surface area (Å²) in [5.41, 5.74) is 7.00. The second kappa shape index (κ2) is 17.4. The molecule has 1 aromatic carbocycles. The van der Waals surface area contributed by atoms with Crippen LogP contribution in [-0.2, 0) is 20.7 Å². The van der Waals surface area contributed by atoms with Crippen LogP contribution in [-0.4, -0.2) is 85.2 Å². The summed E-state index contributed by atoms with van der Waals surface area (Å²) in [6, 6.07) is 7.48.